The molecule has 2 rings (SSSR count). The zero-order valence-electron chi connectivity index (χ0n) is 17.5. The Morgan fingerprint density at radius 1 is 1.37 bits per heavy atom. The van der Waals surface area contributed by atoms with E-state index in [1.165, 1.54) is 0 Å². The molecule has 2 N–H and O–H groups in total. The van der Waals surface area contributed by atoms with E-state index in [0.29, 0.717) is 18.4 Å². The summed E-state index contributed by atoms with van der Waals surface area (Å²) in [6, 6.07) is 0. The molecule has 0 radical (unpaired) electrons. The van der Waals surface area contributed by atoms with E-state index in [4.69, 9.17) is 9.15 Å². The average Bonchev–Trinajstić information content (AvgIpc) is 3.04. The summed E-state index contributed by atoms with van der Waals surface area (Å²) in [6.07, 6.45) is 1.97. The summed E-state index contributed by atoms with van der Waals surface area (Å²) in [6.45, 7) is 15.9. The van der Waals surface area contributed by atoms with Gasteiger partial charge in [-0.15, -0.1) is 24.0 Å². The number of rotatable bonds is 6. The summed E-state index contributed by atoms with van der Waals surface area (Å²) in [4.78, 5) is 11.1. The Morgan fingerprint density at radius 3 is 2.70 bits per heavy atom. The third-order valence-electron chi connectivity index (χ3n) is 4.27. The molecule has 0 amide bonds. The van der Waals surface area contributed by atoms with Gasteiger partial charge in [0.1, 0.15) is 5.76 Å². The summed E-state index contributed by atoms with van der Waals surface area (Å²) >= 11 is 0. The fourth-order valence-electron chi connectivity index (χ4n) is 2.92. The number of nitrogens with one attached hydrogen (secondary N) is 2. The molecule has 0 aromatic carbocycles. The van der Waals surface area contributed by atoms with Crippen LogP contribution in [0.25, 0.3) is 0 Å². The highest BCUT2D eigenvalue weighted by Gasteiger charge is 2.21. The first-order valence-corrected chi connectivity index (χ1v) is 9.51. The largest absolute Gasteiger partial charge is 0.443 e. The van der Waals surface area contributed by atoms with E-state index in [9.17, 15) is 0 Å². The van der Waals surface area contributed by atoms with Crippen molar-refractivity contribution in [3.8, 4) is 0 Å². The number of ether oxygens (including phenoxy) is 1. The van der Waals surface area contributed by atoms with Crippen LogP contribution in [0.2, 0.25) is 0 Å². The van der Waals surface area contributed by atoms with E-state index in [1.807, 2.05) is 0 Å². The first kappa shape index (κ1) is 24.2. The van der Waals surface area contributed by atoms with Gasteiger partial charge in [-0.2, -0.15) is 0 Å². The summed E-state index contributed by atoms with van der Waals surface area (Å²) < 4.78 is 11.7. The molecule has 1 aromatic heterocycles. The van der Waals surface area contributed by atoms with Crippen LogP contribution >= 0.6 is 24.0 Å². The maximum atomic E-state index is 5.87. The molecule has 2 heterocycles. The SMILES string of the molecule is CN=C(NCc1ncc(C(C)(C)C)o1)NCC1CN(CC(C)C)CCO1.I. The summed E-state index contributed by atoms with van der Waals surface area (Å²) in [5.74, 6) is 2.95. The van der Waals surface area contributed by atoms with Crippen molar-refractivity contribution >= 4 is 29.9 Å². The zero-order chi connectivity index (χ0) is 19.2. The zero-order valence-corrected chi connectivity index (χ0v) is 19.9. The van der Waals surface area contributed by atoms with E-state index in [0.717, 1.165) is 44.5 Å². The van der Waals surface area contributed by atoms with Crippen molar-refractivity contribution in [2.75, 3.05) is 39.8 Å². The van der Waals surface area contributed by atoms with Crippen LogP contribution in [0, 0.1) is 5.92 Å². The minimum absolute atomic E-state index is 0. The fourth-order valence-corrected chi connectivity index (χ4v) is 2.92. The second-order valence-corrected chi connectivity index (χ2v) is 8.32. The van der Waals surface area contributed by atoms with Crippen molar-refractivity contribution in [3.05, 3.63) is 17.8 Å². The van der Waals surface area contributed by atoms with Crippen molar-refractivity contribution in [2.24, 2.45) is 10.9 Å². The van der Waals surface area contributed by atoms with Crippen LogP contribution in [0.5, 0.6) is 0 Å². The van der Waals surface area contributed by atoms with E-state index in [1.54, 1.807) is 13.2 Å². The third-order valence-corrected chi connectivity index (χ3v) is 4.27. The van der Waals surface area contributed by atoms with Gasteiger partial charge in [0.25, 0.3) is 0 Å². The summed E-state index contributed by atoms with van der Waals surface area (Å²) in [5.41, 5.74) is -0.0364. The van der Waals surface area contributed by atoms with E-state index < -0.39 is 0 Å². The fraction of sp³-hybridized carbons (Fsp3) is 0.789. The lowest BCUT2D eigenvalue weighted by Gasteiger charge is -2.34. The highest BCUT2D eigenvalue weighted by molar-refractivity contribution is 14.0. The van der Waals surface area contributed by atoms with Crippen molar-refractivity contribution in [2.45, 2.75) is 52.7 Å². The lowest BCUT2D eigenvalue weighted by molar-refractivity contribution is -0.0284. The molecule has 27 heavy (non-hydrogen) atoms. The molecule has 7 nitrogen and oxygen atoms in total. The van der Waals surface area contributed by atoms with Crippen LogP contribution in [0.3, 0.4) is 0 Å². The Kier molecular flexibility index (Phi) is 10.0. The minimum atomic E-state index is -0.0364. The number of morpholine rings is 1. The van der Waals surface area contributed by atoms with Gasteiger partial charge in [-0.3, -0.25) is 9.89 Å². The first-order chi connectivity index (χ1) is 12.3. The Balaban J connectivity index is 0.00000364. The van der Waals surface area contributed by atoms with Crippen molar-refractivity contribution in [3.63, 3.8) is 0 Å². The molecule has 1 unspecified atom stereocenters. The maximum absolute atomic E-state index is 5.87. The van der Waals surface area contributed by atoms with Crippen LogP contribution in [0.1, 0.15) is 46.3 Å². The number of nitrogens with zero attached hydrogens (tertiary/aromatic N) is 3. The highest BCUT2D eigenvalue weighted by atomic mass is 127. The lowest BCUT2D eigenvalue weighted by atomic mass is 9.94. The van der Waals surface area contributed by atoms with Gasteiger partial charge in [-0.1, -0.05) is 34.6 Å². The average molecular weight is 493 g/mol. The van der Waals surface area contributed by atoms with Gasteiger partial charge >= 0.3 is 0 Å². The monoisotopic (exact) mass is 493 g/mol. The summed E-state index contributed by atoms with van der Waals surface area (Å²) in [7, 11) is 1.76. The Morgan fingerprint density at radius 2 is 2.11 bits per heavy atom. The van der Waals surface area contributed by atoms with Crippen LogP contribution in [0.4, 0.5) is 0 Å². The molecule has 0 spiro atoms. The highest BCUT2D eigenvalue weighted by Crippen LogP contribution is 2.22. The molecule has 1 atom stereocenters. The minimum Gasteiger partial charge on any atom is -0.443 e. The van der Waals surface area contributed by atoms with E-state index >= 15 is 0 Å². The second-order valence-electron chi connectivity index (χ2n) is 8.32. The number of aromatic nitrogens is 1. The lowest BCUT2D eigenvalue weighted by Crippen LogP contribution is -2.50. The van der Waals surface area contributed by atoms with Gasteiger partial charge in [0.2, 0.25) is 5.89 Å². The van der Waals surface area contributed by atoms with Gasteiger partial charge < -0.3 is 19.8 Å². The van der Waals surface area contributed by atoms with E-state index in [-0.39, 0.29) is 35.5 Å². The molecule has 1 fully saturated rings. The Hall–Kier alpha value is -0.870. The van der Waals surface area contributed by atoms with Crippen LogP contribution < -0.4 is 10.6 Å². The van der Waals surface area contributed by atoms with Crippen LogP contribution in [-0.4, -0.2) is 61.8 Å². The quantitative estimate of drug-likeness (QED) is 0.361. The number of halogens is 1. The molecule has 0 bridgehead atoms. The molecular weight excluding hydrogens is 457 g/mol. The third kappa shape index (κ3) is 8.35. The molecular formula is C19H36IN5O2. The number of hydrogen-bond acceptors (Lipinski definition) is 5. The van der Waals surface area contributed by atoms with Crippen LogP contribution in [0.15, 0.2) is 15.6 Å². The summed E-state index contributed by atoms with van der Waals surface area (Å²) in [5, 5.41) is 6.59. The Labute approximate surface area is 180 Å². The van der Waals surface area contributed by atoms with Gasteiger partial charge in [0.05, 0.1) is 25.5 Å². The van der Waals surface area contributed by atoms with E-state index in [2.05, 4.69) is 60.1 Å². The predicted molar refractivity (Wildman–Crippen MR) is 120 cm³/mol. The standard InChI is InChI=1S/C19H35N5O2.HI/c1-14(2)12-24-7-8-25-15(13-24)9-22-18(20-6)23-11-17-21-10-16(26-17)19(3,4)5;/h10,14-15H,7-9,11-13H2,1-6H3,(H2,20,22,23);1H. The molecule has 1 aliphatic heterocycles. The Bertz CT molecular complexity index is 583. The molecule has 0 aliphatic carbocycles. The number of aliphatic imine (C=N–C) groups is 1. The van der Waals surface area contributed by atoms with Crippen molar-refractivity contribution in [1.82, 2.24) is 20.5 Å². The molecule has 1 saturated heterocycles. The van der Waals surface area contributed by atoms with Crippen LogP contribution in [-0.2, 0) is 16.7 Å². The van der Waals surface area contributed by atoms with Gasteiger partial charge in [0, 0.05) is 38.6 Å². The smallest absolute Gasteiger partial charge is 0.213 e. The van der Waals surface area contributed by atoms with Crippen molar-refractivity contribution < 1.29 is 9.15 Å². The normalized spacial score (nSPS) is 19.1. The first-order valence-electron chi connectivity index (χ1n) is 9.51. The van der Waals surface area contributed by atoms with Crippen molar-refractivity contribution in [1.29, 1.82) is 0 Å². The number of guanidine groups is 1. The van der Waals surface area contributed by atoms with Gasteiger partial charge in [0.15, 0.2) is 5.96 Å². The topological polar surface area (TPSA) is 74.9 Å². The molecule has 1 aliphatic rings. The van der Waals surface area contributed by atoms with Gasteiger partial charge in [-0.25, -0.2) is 4.98 Å². The van der Waals surface area contributed by atoms with Gasteiger partial charge in [-0.05, 0) is 5.92 Å². The number of hydrogen-bond donors (Lipinski definition) is 2. The molecule has 1 aromatic rings. The maximum Gasteiger partial charge on any atom is 0.213 e. The second kappa shape index (κ2) is 11.2. The molecule has 156 valence electrons. The molecule has 8 heteroatoms. The molecule has 0 saturated carbocycles. The number of oxazole rings is 1. The predicted octanol–water partition coefficient (Wildman–Crippen LogP) is 2.61.